The maximum absolute atomic E-state index is 12.4. The summed E-state index contributed by atoms with van der Waals surface area (Å²) in [6, 6.07) is 8.06. The summed E-state index contributed by atoms with van der Waals surface area (Å²) in [6.45, 7) is 12.7. The third-order valence-electron chi connectivity index (χ3n) is 5.50. The molecule has 1 aromatic carbocycles. The molecule has 2 amide bonds. The molecule has 4 rings (SSSR count). The molecule has 3 heterocycles. The van der Waals surface area contributed by atoms with Gasteiger partial charge in [-0.25, -0.2) is 9.78 Å². The van der Waals surface area contributed by atoms with Gasteiger partial charge in [0.25, 0.3) is 0 Å². The van der Waals surface area contributed by atoms with Crippen molar-refractivity contribution in [2.75, 3.05) is 49.5 Å². The second-order valence-corrected chi connectivity index (χ2v) is 10.5. The van der Waals surface area contributed by atoms with Crippen LogP contribution in [0.1, 0.15) is 33.3 Å². The van der Waals surface area contributed by atoms with Crippen LogP contribution in [-0.4, -0.2) is 76.4 Å². The molecular formula is C24H33N7O3S. The van der Waals surface area contributed by atoms with E-state index in [2.05, 4.69) is 61.4 Å². The Hall–Kier alpha value is -3.34. The number of rotatable bonds is 6. The number of aryl methyl sites for hydroxylation is 1. The van der Waals surface area contributed by atoms with E-state index in [4.69, 9.17) is 14.8 Å². The van der Waals surface area contributed by atoms with E-state index < -0.39 is 5.97 Å². The molecule has 0 saturated carbocycles. The minimum Gasteiger partial charge on any atom is -0.465 e. The normalized spacial score (nSPS) is 14.3. The van der Waals surface area contributed by atoms with Crippen molar-refractivity contribution in [2.45, 2.75) is 40.2 Å². The lowest BCUT2D eigenvalue weighted by Gasteiger charge is -2.34. The van der Waals surface area contributed by atoms with Crippen molar-refractivity contribution in [1.82, 2.24) is 24.8 Å². The number of nitrogens with one attached hydrogen (secondary N) is 2. The number of urea groups is 1. The number of aromatic nitrogens is 3. The second-order valence-electron chi connectivity index (χ2n) is 9.57. The van der Waals surface area contributed by atoms with Crippen molar-refractivity contribution in [2.24, 2.45) is 0 Å². The summed E-state index contributed by atoms with van der Waals surface area (Å²) in [4.78, 5) is 33.5. The van der Waals surface area contributed by atoms with E-state index in [-0.39, 0.29) is 18.1 Å². The molecule has 0 radical (unpaired) electrons. The Kier molecular flexibility index (Phi) is 7.15. The first kappa shape index (κ1) is 24.8. The lowest BCUT2D eigenvalue weighted by atomic mass is 10.1. The van der Waals surface area contributed by atoms with Crippen LogP contribution >= 0.6 is 11.3 Å². The zero-order chi connectivity index (χ0) is 25.2. The number of carbonyl (C=O) groups is 2. The van der Waals surface area contributed by atoms with E-state index in [1.54, 1.807) is 11.8 Å². The molecule has 0 spiro atoms. The molecule has 0 bridgehead atoms. The Morgan fingerprint density at radius 3 is 2.57 bits per heavy atom. The summed E-state index contributed by atoms with van der Waals surface area (Å²) in [6.07, 6.45) is 0. The van der Waals surface area contributed by atoms with Gasteiger partial charge in [-0.15, -0.1) is 5.10 Å². The molecule has 1 fully saturated rings. The molecule has 2 N–H and O–H groups in total. The van der Waals surface area contributed by atoms with Crippen LogP contribution in [0.25, 0.3) is 16.2 Å². The van der Waals surface area contributed by atoms with E-state index in [1.165, 1.54) is 16.9 Å². The third kappa shape index (κ3) is 5.84. The Balaban J connectivity index is 1.49. The number of benzene rings is 1. The van der Waals surface area contributed by atoms with Gasteiger partial charge in [0.2, 0.25) is 10.1 Å². The van der Waals surface area contributed by atoms with Crippen LogP contribution in [0.15, 0.2) is 24.3 Å². The summed E-state index contributed by atoms with van der Waals surface area (Å²) in [5.41, 5.74) is 2.95. The molecule has 11 heteroatoms. The highest BCUT2D eigenvalue weighted by atomic mass is 32.1. The molecule has 1 saturated heterocycles. The Morgan fingerprint density at radius 1 is 1.17 bits per heavy atom. The van der Waals surface area contributed by atoms with Crippen molar-refractivity contribution < 1.29 is 14.3 Å². The summed E-state index contributed by atoms with van der Waals surface area (Å²) >= 11 is 1.54. The quantitative estimate of drug-likeness (QED) is 0.501. The number of carbonyl (C=O) groups excluding carboxylic acids is 2. The highest BCUT2D eigenvalue weighted by Crippen LogP contribution is 2.35. The molecule has 35 heavy (non-hydrogen) atoms. The summed E-state index contributed by atoms with van der Waals surface area (Å²) in [5.74, 6) is 0.438. The summed E-state index contributed by atoms with van der Waals surface area (Å²) in [7, 11) is 0. The average Bonchev–Trinajstić information content (AvgIpc) is 3.36. The molecule has 0 atom stereocenters. The van der Waals surface area contributed by atoms with E-state index in [1.807, 2.05) is 10.6 Å². The van der Waals surface area contributed by atoms with Gasteiger partial charge in [-0.2, -0.15) is 4.52 Å². The molecule has 10 nitrogen and oxygen atoms in total. The standard InChI is InChI=1S/C24H33N7O3S/c1-6-34-18(32)15-25-21(33)29-10-12-30(13-11-29)23-28-31-20(27-24(3,4)5)19(26-22(31)35-23)17-9-7-8-16(2)14-17/h7-9,14,27H,6,10-13,15H2,1-5H3,(H,25,33). The van der Waals surface area contributed by atoms with Crippen molar-refractivity contribution in [3.63, 3.8) is 0 Å². The van der Waals surface area contributed by atoms with Crippen molar-refractivity contribution >= 4 is 39.2 Å². The molecule has 1 aliphatic rings. The number of fused-ring (bicyclic) bond motifs is 1. The van der Waals surface area contributed by atoms with Gasteiger partial charge >= 0.3 is 12.0 Å². The average molecular weight is 500 g/mol. The van der Waals surface area contributed by atoms with Gasteiger partial charge < -0.3 is 25.2 Å². The summed E-state index contributed by atoms with van der Waals surface area (Å²) in [5, 5.41) is 12.0. The van der Waals surface area contributed by atoms with Crippen molar-refractivity contribution in [1.29, 1.82) is 0 Å². The molecule has 3 aromatic rings. The lowest BCUT2D eigenvalue weighted by Crippen LogP contribution is -2.52. The van der Waals surface area contributed by atoms with E-state index in [0.717, 1.165) is 27.2 Å². The van der Waals surface area contributed by atoms with Crippen molar-refractivity contribution in [3.8, 4) is 11.3 Å². The largest absolute Gasteiger partial charge is 0.465 e. The van der Waals surface area contributed by atoms with E-state index >= 15 is 0 Å². The maximum atomic E-state index is 12.4. The predicted octanol–water partition coefficient (Wildman–Crippen LogP) is 3.37. The minimum atomic E-state index is -0.435. The number of piperazine rings is 1. The lowest BCUT2D eigenvalue weighted by molar-refractivity contribution is -0.141. The fraction of sp³-hybridized carbons (Fsp3) is 0.500. The molecule has 188 valence electrons. The Labute approximate surface area is 209 Å². The molecule has 0 aliphatic carbocycles. The molecule has 0 unspecified atom stereocenters. The Bertz CT molecular complexity index is 1210. The fourth-order valence-electron chi connectivity index (χ4n) is 3.90. The van der Waals surface area contributed by atoms with Crippen LogP contribution < -0.4 is 15.5 Å². The smallest absolute Gasteiger partial charge is 0.325 e. The number of imidazole rings is 1. The highest BCUT2D eigenvalue weighted by Gasteiger charge is 2.26. The second kappa shape index (κ2) is 10.1. The van der Waals surface area contributed by atoms with Gasteiger partial charge in [-0.3, -0.25) is 4.79 Å². The number of ether oxygens (including phenoxy) is 1. The van der Waals surface area contributed by atoms with E-state index in [9.17, 15) is 9.59 Å². The van der Waals surface area contributed by atoms with Gasteiger partial charge in [0.05, 0.1) is 6.61 Å². The van der Waals surface area contributed by atoms with Gasteiger partial charge in [-0.05, 0) is 40.7 Å². The van der Waals surface area contributed by atoms with Crippen LogP contribution in [0.2, 0.25) is 0 Å². The monoisotopic (exact) mass is 499 g/mol. The fourth-order valence-corrected chi connectivity index (χ4v) is 4.85. The van der Waals surface area contributed by atoms with Gasteiger partial charge in [0.1, 0.15) is 12.2 Å². The van der Waals surface area contributed by atoms with Gasteiger partial charge in [0, 0.05) is 37.3 Å². The van der Waals surface area contributed by atoms with Crippen LogP contribution in [0, 0.1) is 6.92 Å². The molecular weight excluding hydrogens is 466 g/mol. The van der Waals surface area contributed by atoms with E-state index in [0.29, 0.717) is 32.8 Å². The molecule has 2 aromatic heterocycles. The van der Waals surface area contributed by atoms with Crippen LogP contribution in [-0.2, 0) is 9.53 Å². The first-order valence-electron chi connectivity index (χ1n) is 11.8. The number of nitrogens with zero attached hydrogens (tertiary/aromatic N) is 5. The zero-order valence-corrected chi connectivity index (χ0v) is 21.7. The third-order valence-corrected chi connectivity index (χ3v) is 6.47. The summed E-state index contributed by atoms with van der Waals surface area (Å²) < 4.78 is 6.75. The highest BCUT2D eigenvalue weighted by molar-refractivity contribution is 7.20. The number of hydrogen-bond donors (Lipinski definition) is 2. The number of anilines is 2. The number of esters is 1. The SMILES string of the molecule is CCOC(=O)CNC(=O)N1CCN(c2nn3c(NC(C)(C)C)c(-c4cccc(C)c4)nc3s2)CC1. The van der Waals surface area contributed by atoms with Gasteiger partial charge in [-0.1, -0.05) is 35.1 Å². The maximum Gasteiger partial charge on any atom is 0.325 e. The van der Waals surface area contributed by atoms with Crippen LogP contribution in [0.3, 0.4) is 0 Å². The zero-order valence-electron chi connectivity index (χ0n) is 20.9. The van der Waals surface area contributed by atoms with Crippen molar-refractivity contribution in [3.05, 3.63) is 29.8 Å². The first-order chi connectivity index (χ1) is 16.6. The van der Waals surface area contributed by atoms with Gasteiger partial charge in [0.15, 0.2) is 5.82 Å². The predicted molar refractivity (Wildman–Crippen MR) is 138 cm³/mol. The minimum absolute atomic E-state index is 0.122. The number of hydrogen-bond acceptors (Lipinski definition) is 8. The first-order valence-corrected chi connectivity index (χ1v) is 12.6. The topological polar surface area (TPSA) is 104 Å². The Morgan fingerprint density at radius 2 is 1.91 bits per heavy atom. The van der Waals surface area contributed by atoms with Crippen LogP contribution in [0.5, 0.6) is 0 Å². The molecule has 1 aliphatic heterocycles. The number of amides is 2. The van der Waals surface area contributed by atoms with Crippen LogP contribution in [0.4, 0.5) is 15.7 Å².